The number of β-amino-alcohol motifs (C(OH)–C–C–N with tert-alkyl or cyclic N) is 1. The molecule has 1 aliphatic heterocycles. The minimum Gasteiger partial charge on any atom is -0.497 e. The first kappa shape index (κ1) is 15.1. The third-order valence-corrected chi connectivity index (χ3v) is 5.27. The fourth-order valence-corrected chi connectivity index (χ4v) is 3.96. The van der Waals surface area contributed by atoms with Gasteiger partial charge < -0.3 is 14.6 Å². The molecule has 0 aromatic heterocycles. The molecule has 0 bridgehead atoms. The zero-order valence-corrected chi connectivity index (χ0v) is 12.6. The molecule has 0 spiro atoms. The first-order valence-corrected chi connectivity index (χ1v) is 7.69. The lowest BCUT2D eigenvalue weighted by atomic mass is 10.1. The average Bonchev–Trinajstić information content (AvgIpc) is 2.79. The second-order valence-corrected chi connectivity index (χ2v) is 7.01. The van der Waals surface area contributed by atoms with Crippen LogP contribution in [0.4, 0.5) is 0 Å². The van der Waals surface area contributed by atoms with E-state index in [1.54, 1.807) is 19.1 Å². The summed E-state index contributed by atoms with van der Waals surface area (Å²) in [5.41, 5.74) is -0.987. The Labute approximate surface area is 119 Å². The van der Waals surface area contributed by atoms with Gasteiger partial charge in [0.05, 0.1) is 19.8 Å². The Morgan fingerprint density at radius 2 is 2.00 bits per heavy atom. The van der Waals surface area contributed by atoms with Crippen molar-refractivity contribution in [1.29, 1.82) is 0 Å². The van der Waals surface area contributed by atoms with Crippen molar-refractivity contribution in [1.82, 2.24) is 4.31 Å². The number of benzene rings is 1. The average molecular weight is 301 g/mol. The van der Waals surface area contributed by atoms with Gasteiger partial charge in [-0.15, -0.1) is 0 Å². The Balaban J connectivity index is 2.44. The predicted molar refractivity (Wildman–Crippen MR) is 73.5 cm³/mol. The molecule has 7 heteroatoms. The second kappa shape index (κ2) is 5.23. The molecule has 0 amide bonds. The summed E-state index contributed by atoms with van der Waals surface area (Å²) in [7, 11) is -0.828. The maximum absolute atomic E-state index is 12.6. The van der Waals surface area contributed by atoms with Crippen LogP contribution in [0, 0.1) is 0 Å². The zero-order chi connectivity index (χ0) is 15.0. The van der Waals surface area contributed by atoms with Crippen LogP contribution in [0.25, 0.3) is 0 Å². The van der Waals surface area contributed by atoms with E-state index >= 15 is 0 Å². The van der Waals surface area contributed by atoms with Crippen molar-refractivity contribution in [2.75, 3.05) is 27.3 Å². The van der Waals surface area contributed by atoms with Crippen molar-refractivity contribution in [3.05, 3.63) is 18.2 Å². The molecule has 0 aliphatic carbocycles. The maximum Gasteiger partial charge on any atom is 0.246 e. The van der Waals surface area contributed by atoms with Crippen LogP contribution in [0.15, 0.2) is 23.1 Å². The first-order valence-electron chi connectivity index (χ1n) is 6.25. The maximum atomic E-state index is 12.6. The van der Waals surface area contributed by atoms with E-state index in [1.165, 1.54) is 24.6 Å². The van der Waals surface area contributed by atoms with Crippen LogP contribution in [-0.2, 0) is 10.0 Å². The number of aliphatic hydroxyl groups is 1. The zero-order valence-electron chi connectivity index (χ0n) is 11.8. The minimum atomic E-state index is -3.72. The van der Waals surface area contributed by atoms with Crippen molar-refractivity contribution in [2.45, 2.75) is 23.8 Å². The molecule has 1 saturated heterocycles. The summed E-state index contributed by atoms with van der Waals surface area (Å²) >= 11 is 0. The Kier molecular flexibility index (Phi) is 3.95. The molecule has 1 aliphatic rings. The summed E-state index contributed by atoms with van der Waals surface area (Å²) in [6, 6.07) is 4.62. The van der Waals surface area contributed by atoms with Crippen LogP contribution in [-0.4, -0.2) is 50.7 Å². The van der Waals surface area contributed by atoms with Crippen molar-refractivity contribution in [3.8, 4) is 11.5 Å². The number of sulfonamides is 1. The molecule has 112 valence electrons. The highest BCUT2D eigenvalue weighted by Crippen LogP contribution is 2.33. The minimum absolute atomic E-state index is 0.0528. The largest absolute Gasteiger partial charge is 0.497 e. The molecule has 1 fully saturated rings. The van der Waals surface area contributed by atoms with Gasteiger partial charge in [0.15, 0.2) is 0 Å². The van der Waals surface area contributed by atoms with Gasteiger partial charge in [0.1, 0.15) is 16.4 Å². The van der Waals surface area contributed by atoms with E-state index in [1.807, 2.05) is 0 Å². The van der Waals surface area contributed by atoms with Crippen LogP contribution >= 0.6 is 0 Å². The van der Waals surface area contributed by atoms with Gasteiger partial charge in [-0.1, -0.05) is 0 Å². The lowest BCUT2D eigenvalue weighted by Gasteiger charge is -2.20. The van der Waals surface area contributed by atoms with E-state index in [0.29, 0.717) is 12.2 Å². The molecule has 1 unspecified atom stereocenters. The van der Waals surface area contributed by atoms with E-state index in [9.17, 15) is 13.5 Å². The summed E-state index contributed by atoms with van der Waals surface area (Å²) in [4.78, 5) is 0.0528. The Hall–Kier alpha value is -1.31. The Morgan fingerprint density at radius 1 is 1.30 bits per heavy atom. The van der Waals surface area contributed by atoms with E-state index < -0.39 is 15.6 Å². The number of ether oxygens (including phenoxy) is 2. The lowest BCUT2D eigenvalue weighted by Crippen LogP contribution is -2.34. The number of nitrogens with zero attached hydrogens (tertiary/aromatic N) is 1. The van der Waals surface area contributed by atoms with Crippen LogP contribution in [0.1, 0.15) is 13.3 Å². The molecule has 1 N–H and O–H groups in total. The summed E-state index contributed by atoms with van der Waals surface area (Å²) in [5, 5.41) is 9.94. The van der Waals surface area contributed by atoms with Crippen molar-refractivity contribution < 1.29 is 23.0 Å². The third kappa shape index (κ3) is 2.74. The molecule has 1 aromatic carbocycles. The SMILES string of the molecule is COc1ccc(OC)c(S(=O)(=O)N2CCC(C)(O)C2)c1. The lowest BCUT2D eigenvalue weighted by molar-refractivity contribution is 0.0762. The van der Waals surface area contributed by atoms with E-state index in [2.05, 4.69) is 0 Å². The third-order valence-electron chi connectivity index (χ3n) is 3.41. The first-order chi connectivity index (χ1) is 9.30. The predicted octanol–water partition coefficient (Wildman–Crippen LogP) is 0.849. The molecule has 0 saturated carbocycles. The van der Waals surface area contributed by atoms with E-state index in [-0.39, 0.29) is 23.7 Å². The monoisotopic (exact) mass is 301 g/mol. The van der Waals surface area contributed by atoms with Crippen LogP contribution < -0.4 is 9.47 Å². The Bertz CT molecular complexity index is 597. The molecule has 20 heavy (non-hydrogen) atoms. The summed E-state index contributed by atoms with van der Waals surface area (Å²) in [6.07, 6.45) is 0.415. The number of rotatable bonds is 4. The van der Waals surface area contributed by atoms with Crippen LogP contribution in [0.3, 0.4) is 0 Å². The Morgan fingerprint density at radius 3 is 2.50 bits per heavy atom. The summed E-state index contributed by atoms with van der Waals surface area (Å²) in [5.74, 6) is 0.702. The highest BCUT2D eigenvalue weighted by molar-refractivity contribution is 7.89. The molecular weight excluding hydrogens is 282 g/mol. The highest BCUT2D eigenvalue weighted by Gasteiger charge is 2.39. The van der Waals surface area contributed by atoms with Crippen molar-refractivity contribution >= 4 is 10.0 Å². The fourth-order valence-electron chi connectivity index (χ4n) is 2.23. The van der Waals surface area contributed by atoms with Crippen molar-refractivity contribution in [3.63, 3.8) is 0 Å². The van der Waals surface area contributed by atoms with Gasteiger partial charge in [0, 0.05) is 19.2 Å². The number of methoxy groups -OCH3 is 2. The molecule has 6 nitrogen and oxygen atoms in total. The normalized spacial score (nSPS) is 23.8. The van der Waals surface area contributed by atoms with Gasteiger partial charge in [-0.3, -0.25) is 0 Å². The summed E-state index contributed by atoms with van der Waals surface area (Å²) < 4.78 is 36.8. The standard InChI is InChI=1S/C13H19NO5S/c1-13(15)6-7-14(9-13)20(16,17)12-8-10(18-2)4-5-11(12)19-3/h4-5,8,15H,6-7,9H2,1-3H3. The number of hydrogen-bond donors (Lipinski definition) is 1. The highest BCUT2D eigenvalue weighted by atomic mass is 32.2. The van der Waals surface area contributed by atoms with Gasteiger partial charge in [0.25, 0.3) is 0 Å². The van der Waals surface area contributed by atoms with Crippen LogP contribution in [0.5, 0.6) is 11.5 Å². The smallest absolute Gasteiger partial charge is 0.246 e. The number of hydrogen-bond acceptors (Lipinski definition) is 5. The summed E-state index contributed by atoms with van der Waals surface area (Å²) in [6.45, 7) is 2.00. The second-order valence-electron chi connectivity index (χ2n) is 5.10. The van der Waals surface area contributed by atoms with E-state index in [4.69, 9.17) is 9.47 Å². The molecule has 2 rings (SSSR count). The quantitative estimate of drug-likeness (QED) is 0.892. The van der Waals surface area contributed by atoms with Gasteiger partial charge in [-0.05, 0) is 25.5 Å². The van der Waals surface area contributed by atoms with E-state index in [0.717, 1.165) is 0 Å². The molecule has 1 aromatic rings. The molecule has 1 heterocycles. The molecule has 1 atom stereocenters. The molecule has 0 radical (unpaired) electrons. The topological polar surface area (TPSA) is 76.1 Å². The van der Waals surface area contributed by atoms with Gasteiger partial charge >= 0.3 is 0 Å². The van der Waals surface area contributed by atoms with Gasteiger partial charge in [-0.2, -0.15) is 4.31 Å². The van der Waals surface area contributed by atoms with Crippen LogP contribution in [0.2, 0.25) is 0 Å². The van der Waals surface area contributed by atoms with Gasteiger partial charge in [0.2, 0.25) is 10.0 Å². The van der Waals surface area contributed by atoms with Gasteiger partial charge in [-0.25, -0.2) is 8.42 Å². The molecular formula is C13H19NO5S. The fraction of sp³-hybridized carbons (Fsp3) is 0.538. The van der Waals surface area contributed by atoms with Crippen molar-refractivity contribution in [2.24, 2.45) is 0 Å².